The SMILES string of the molecule is COC(=O)CCN1C(=S)N[C@@H](c2ccccn2)[C@@H]1c1ccc2c(c1)C(C)=CC(C)(C)N2C. The predicted octanol–water partition coefficient (Wildman–Crippen LogP) is 4.25. The molecule has 3 heterocycles. The Hall–Kier alpha value is -2.93. The Labute approximate surface area is 195 Å². The van der Waals surface area contributed by atoms with Crippen LogP contribution in [0.4, 0.5) is 5.69 Å². The topological polar surface area (TPSA) is 57.7 Å². The van der Waals surface area contributed by atoms with Crippen molar-refractivity contribution >= 4 is 34.6 Å². The van der Waals surface area contributed by atoms with E-state index in [0.29, 0.717) is 11.7 Å². The second kappa shape index (κ2) is 8.54. The van der Waals surface area contributed by atoms with Gasteiger partial charge in [0.25, 0.3) is 0 Å². The average molecular weight is 451 g/mol. The first kappa shape index (κ1) is 22.3. The van der Waals surface area contributed by atoms with Gasteiger partial charge in [-0.05, 0) is 68.4 Å². The lowest BCUT2D eigenvalue weighted by Gasteiger charge is -2.41. The summed E-state index contributed by atoms with van der Waals surface area (Å²) in [4.78, 5) is 20.8. The number of allylic oxidation sites excluding steroid dienone is 1. The quantitative estimate of drug-likeness (QED) is 0.540. The first-order valence-corrected chi connectivity index (χ1v) is 11.3. The number of benzene rings is 1. The van der Waals surface area contributed by atoms with Crippen LogP contribution in [0.1, 0.15) is 56.1 Å². The summed E-state index contributed by atoms with van der Waals surface area (Å²) < 4.78 is 4.86. The maximum absolute atomic E-state index is 11.9. The van der Waals surface area contributed by atoms with Gasteiger partial charge in [-0.25, -0.2) is 0 Å². The maximum Gasteiger partial charge on any atom is 0.307 e. The Balaban J connectivity index is 1.77. The highest BCUT2D eigenvalue weighted by molar-refractivity contribution is 7.80. The number of fused-ring (bicyclic) bond motifs is 1. The highest BCUT2D eigenvalue weighted by atomic mass is 32.1. The molecule has 0 aliphatic carbocycles. The van der Waals surface area contributed by atoms with Crippen LogP contribution in [0, 0.1) is 0 Å². The van der Waals surface area contributed by atoms with Crippen molar-refractivity contribution in [1.29, 1.82) is 0 Å². The van der Waals surface area contributed by atoms with E-state index in [9.17, 15) is 4.79 Å². The van der Waals surface area contributed by atoms with Gasteiger partial charge in [-0.1, -0.05) is 18.2 Å². The summed E-state index contributed by atoms with van der Waals surface area (Å²) in [6.07, 6.45) is 4.37. The van der Waals surface area contributed by atoms with Gasteiger partial charge >= 0.3 is 5.97 Å². The molecule has 0 bridgehead atoms. The van der Waals surface area contributed by atoms with E-state index >= 15 is 0 Å². The molecule has 0 amide bonds. The van der Waals surface area contributed by atoms with Crippen LogP contribution in [0.2, 0.25) is 0 Å². The summed E-state index contributed by atoms with van der Waals surface area (Å²) in [6.45, 7) is 7.09. The summed E-state index contributed by atoms with van der Waals surface area (Å²) in [5.41, 5.74) is 5.70. The molecular weight excluding hydrogens is 420 g/mol. The van der Waals surface area contributed by atoms with Crippen LogP contribution in [0.3, 0.4) is 0 Å². The molecule has 0 radical (unpaired) electrons. The van der Waals surface area contributed by atoms with Gasteiger partial charge in [0.05, 0.1) is 36.8 Å². The normalized spacial score (nSPS) is 21.7. The van der Waals surface area contributed by atoms with Crippen molar-refractivity contribution in [3.8, 4) is 0 Å². The van der Waals surface area contributed by atoms with Gasteiger partial charge in [0, 0.05) is 31.0 Å². The van der Waals surface area contributed by atoms with Crippen molar-refractivity contribution in [2.45, 2.75) is 44.8 Å². The lowest BCUT2D eigenvalue weighted by atomic mass is 9.86. The van der Waals surface area contributed by atoms with Crippen LogP contribution in [0.15, 0.2) is 48.7 Å². The number of esters is 1. The van der Waals surface area contributed by atoms with Gasteiger partial charge in [0.2, 0.25) is 0 Å². The highest BCUT2D eigenvalue weighted by Gasteiger charge is 2.40. The first-order chi connectivity index (χ1) is 15.2. The second-order valence-corrected chi connectivity index (χ2v) is 9.35. The molecule has 4 rings (SSSR count). The lowest BCUT2D eigenvalue weighted by molar-refractivity contribution is -0.140. The zero-order valence-corrected chi connectivity index (χ0v) is 20.1. The molecule has 7 heteroatoms. The number of carbonyl (C=O) groups is 1. The van der Waals surface area contributed by atoms with Gasteiger partial charge in [-0.3, -0.25) is 9.78 Å². The van der Waals surface area contributed by atoms with Crippen molar-refractivity contribution in [3.05, 3.63) is 65.5 Å². The van der Waals surface area contributed by atoms with Gasteiger partial charge in [0.15, 0.2) is 5.11 Å². The molecule has 0 saturated carbocycles. The standard InChI is InChI=1S/C25H30N4O2S/c1-16-15-25(2,3)28(4)20-10-9-17(14-18(16)20)23-22(19-8-6-7-12-26-19)27-24(32)29(23)13-11-21(30)31-5/h6-10,12,14-15,22-23H,11,13H2,1-5H3,(H,27,32)/t22-,23-/m0/s1. The van der Waals surface area contributed by atoms with Gasteiger partial charge in [0.1, 0.15) is 0 Å². The number of hydrogen-bond donors (Lipinski definition) is 1. The largest absolute Gasteiger partial charge is 0.469 e. The number of nitrogens with one attached hydrogen (secondary N) is 1. The Morgan fingerprint density at radius 2 is 2.06 bits per heavy atom. The third kappa shape index (κ3) is 3.97. The highest BCUT2D eigenvalue weighted by Crippen LogP contribution is 2.43. The zero-order valence-electron chi connectivity index (χ0n) is 19.3. The zero-order chi connectivity index (χ0) is 23.0. The van der Waals surface area contributed by atoms with Crippen LogP contribution >= 0.6 is 12.2 Å². The lowest BCUT2D eigenvalue weighted by Crippen LogP contribution is -2.42. The predicted molar refractivity (Wildman–Crippen MR) is 131 cm³/mol. The average Bonchev–Trinajstić information content (AvgIpc) is 3.12. The third-order valence-electron chi connectivity index (χ3n) is 6.56. The molecule has 2 aliphatic rings. The molecule has 0 unspecified atom stereocenters. The van der Waals surface area contributed by atoms with Crippen LogP contribution in [0.25, 0.3) is 5.57 Å². The van der Waals surface area contributed by atoms with Crippen LogP contribution in [-0.2, 0) is 9.53 Å². The first-order valence-electron chi connectivity index (χ1n) is 10.9. The molecule has 1 aromatic carbocycles. The molecule has 2 aliphatic heterocycles. The number of likely N-dealkylation sites (N-methyl/N-ethyl adjacent to an activating group) is 1. The number of anilines is 1. The van der Waals surface area contributed by atoms with Crippen LogP contribution in [0.5, 0.6) is 0 Å². The summed E-state index contributed by atoms with van der Waals surface area (Å²) in [7, 11) is 3.54. The number of hydrogen-bond acceptors (Lipinski definition) is 5. The molecule has 2 aromatic rings. The van der Waals surface area contributed by atoms with Crippen molar-refractivity contribution < 1.29 is 9.53 Å². The van der Waals surface area contributed by atoms with E-state index in [1.54, 1.807) is 6.20 Å². The van der Waals surface area contributed by atoms with E-state index in [2.05, 4.69) is 72.2 Å². The fourth-order valence-corrected chi connectivity index (χ4v) is 5.02. The second-order valence-electron chi connectivity index (χ2n) is 8.96. The van der Waals surface area contributed by atoms with E-state index in [1.165, 1.54) is 23.9 Å². The number of aromatic nitrogens is 1. The van der Waals surface area contributed by atoms with Crippen molar-refractivity contribution in [2.24, 2.45) is 0 Å². The maximum atomic E-state index is 11.9. The van der Waals surface area contributed by atoms with Crippen molar-refractivity contribution in [3.63, 3.8) is 0 Å². The summed E-state index contributed by atoms with van der Waals surface area (Å²) in [6, 6.07) is 12.3. The van der Waals surface area contributed by atoms with E-state index in [0.717, 1.165) is 11.3 Å². The smallest absolute Gasteiger partial charge is 0.307 e. The van der Waals surface area contributed by atoms with Gasteiger partial charge in [-0.2, -0.15) is 0 Å². The third-order valence-corrected chi connectivity index (χ3v) is 6.92. The number of nitrogens with zero attached hydrogens (tertiary/aromatic N) is 3. The Bertz CT molecular complexity index is 1070. The minimum atomic E-state index is -0.249. The van der Waals surface area contributed by atoms with Gasteiger partial charge < -0.3 is 19.9 Å². The minimum Gasteiger partial charge on any atom is -0.469 e. The summed E-state index contributed by atoms with van der Waals surface area (Å²) in [5.74, 6) is -0.249. The molecule has 32 heavy (non-hydrogen) atoms. The molecule has 0 spiro atoms. The molecule has 1 N–H and O–H groups in total. The number of methoxy groups -OCH3 is 1. The fraction of sp³-hybridized carbons (Fsp3) is 0.400. The number of thiocarbonyl (C=S) groups is 1. The molecule has 168 valence electrons. The Morgan fingerprint density at radius 1 is 1.28 bits per heavy atom. The number of pyridine rings is 1. The Morgan fingerprint density at radius 3 is 2.75 bits per heavy atom. The molecule has 6 nitrogen and oxygen atoms in total. The molecule has 1 aromatic heterocycles. The molecular formula is C25H30N4O2S. The Kier molecular flexibility index (Phi) is 5.95. The van der Waals surface area contributed by atoms with E-state index < -0.39 is 0 Å². The summed E-state index contributed by atoms with van der Waals surface area (Å²) in [5, 5.41) is 4.06. The summed E-state index contributed by atoms with van der Waals surface area (Å²) >= 11 is 5.69. The van der Waals surface area contributed by atoms with E-state index in [-0.39, 0.29) is 30.0 Å². The van der Waals surface area contributed by atoms with Crippen LogP contribution in [-0.4, -0.2) is 47.2 Å². The fourth-order valence-electron chi connectivity index (χ4n) is 4.68. The van der Waals surface area contributed by atoms with E-state index in [1.807, 2.05) is 18.2 Å². The van der Waals surface area contributed by atoms with E-state index in [4.69, 9.17) is 17.0 Å². The monoisotopic (exact) mass is 450 g/mol. The number of rotatable bonds is 5. The molecule has 1 saturated heterocycles. The van der Waals surface area contributed by atoms with Crippen molar-refractivity contribution in [1.82, 2.24) is 15.2 Å². The van der Waals surface area contributed by atoms with Gasteiger partial charge in [-0.15, -0.1) is 0 Å². The minimum absolute atomic E-state index is 0.0435. The number of ether oxygens (including phenoxy) is 1. The van der Waals surface area contributed by atoms with Crippen molar-refractivity contribution in [2.75, 3.05) is 25.6 Å². The number of carbonyl (C=O) groups excluding carboxylic acids is 1. The molecule has 2 atom stereocenters. The molecule has 1 fully saturated rings. The van der Waals surface area contributed by atoms with Crippen LogP contribution < -0.4 is 10.2 Å².